The fourth-order valence-electron chi connectivity index (χ4n) is 2.22. The first-order chi connectivity index (χ1) is 8.24. The molecule has 4 heteroatoms. The second-order valence-electron chi connectivity index (χ2n) is 4.34. The Morgan fingerprint density at radius 1 is 1.29 bits per heavy atom. The van der Waals surface area contributed by atoms with Crippen LogP contribution in [0.25, 0.3) is 11.3 Å². The molecule has 0 spiro atoms. The van der Waals surface area contributed by atoms with Crippen LogP contribution in [0.1, 0.15) is 24.8 Å². The number of aliphatic hydroxyl groups is 1. The lowest BCUT2D eigenvalue weighted by Crippen LogP contribution is -2.14. The molecule has 0 fully saturated rings. The molecule has 2 heterocycles. The predicted molar refractivity (Wildman–Crippen MR) is 66.9 cm³/mol. The highest BCUT2D eigenvalue weighted by molar-refractivity contribution is 6.30. The number of aryl methyl sites for hydroxylation is 1. The highest BCUT2D eigenvalue weighted by atomic mass is 35.5. The molecule has 3 rings (SSSR count). The first-order valence-electron chi connectivity index (χ1n) is 5.75. The summed E-state index contributed by atoms with van der Waals surface area (Å²) < 4.78 is 2.04. The van der Waals surface area contributed by atoms with Crippen LogP contribution in [0, 0.1) is 0 Å². The molecule has 0 aliphatic carbocycles. The molecule has 0 saturated carbocycles. The van der Waals surface area contributed by atoms with Crippen molar-refractivity contribution in [1.29, 1.82) is 0 Å². The van der Waals surface area contributed by atoms with Gasteiger partial charge in [-0.05, 0) is 25.0 Å². The number of rotatable bonds is 1. The summed E-state index contributed by atoms with van der Waals surface area (Å²) in [7, 11) is 0. The van der Waals surface area contributed by atoms with E-state index in [-0.39, 0.29) is 0 Å². The van der Waals surface area contributed by atoms with Gasteiger partial charge in [0, 0.05) is 23.3 Å². The average Bonchev–Trinajstić information content (AvgIpc) is 2.75. The van der Waals surface area contributed by atoms with Crippen LogP contribution in [0.2, 0.25) is 5.02 Å². The number of halogens is 1. The van der Waals surface area contributed by atoms with Crippen molar-refractivity contribution in [2.45, 2.75) is 25.5 Å². The van der Waals surface area contributed by atoms with E-state index in [2.05, 4.69) is 4.98 Å². The van der Waals surface area contributed by atoms with Crippen LogP contribution in [0.4, 0.5) is 0 Å². The van der Waals surface area contributed by atoms with Crippen LogP contribution >= 0.6 is 11.6 Å². The van der Waals surface area contributed by atoms with Gasteiger partial charge in [0.1, 0.15) is 11.9 Å². The molecule has 1 aromatic carbocycles. The molecule has 3 nitrogen and oxygen atoms in total. The van der Waals surface area contributed by atoms with Gasteiger partial charge in [-0.3, -0.25) is 0 Å². The fourth-order valence-corrected chi connectivity index (χ4v) is 2.35. The van der Waals surface area contributed by atoms with E-state index in [9.17, 15) is 5.11 Å². The summed E-state index contributed by atoms with van der Waals surface area (Å²) in [5.41, 5.74) is 1.93. The zero-order valence-electron chi connectivity index (χ0n) is 9.31. The maximum atomic E-state index is 9.86. The van der Waals surface area contributed by atoms with Crippen LogP contribution < -0.4 is 0 Å². The van der Waals surface area contributed by atoms with Crippen LogP contribution in [0.15, 0.2) is 30.5 Å². The monoisotopic (exact) mass is 248 g/mol. The van der Waals surface area contributed by atoms with Crippen LogP contribution in [0.5, 0.6) is 0 Å². The standard InChI is InChI=1S/C13H13ClN2O/c14-10-5-3-9(4-6-10)11-8-16-7-1-2-12(17)13(16)15-11/h3-6,8,12,17H,1-2,7H2/t12-/m1/s1. The molecular formula is C13H13ClN2O. The van der Waals surface area contributed by atoms with E-state index >= 15 is 0 Å². The van der Waals surface area contributed by atoms with Gasteiger partial charge >= 0.3 is 0 Å². The summed E-state index contributed by atoms with van der Waals surface area (Å²) in [6, 6.07) is 7.60. The summed E-state index contributed by atoms with van der Waals surface area (Å²) >= 11 is 5.86. The molecule has 0 bridgehead atoms. The van der Waals surface area contributed by atoms with Crippen molar-refractivity contribution in [3.63, 3.8) is 0 Å². The summed E-state index contributed by atoms with van der Waals surface area (Å²) in [5, 5.41) is 10.6. The number of benzene rings is 1. The Bertz CT molecular complexity index is 533. The Morgan fingerprint density at radius 2 is 2.06 bits per heavy atom. The maximum Gasteiger partial charge on any atom is 0.138 e. The Labute approximate surface area is 105 Å². The number of imidazole rings is 1. The molecular weight excluding hydrogens is 236 g/mol. The third kappa shape index (κ3) is 1.96. The second kappa shape index (κ2) is 4.17. The summed E-state index contributed by atoms with van der Waals surface area (Å²) in [6.07, 6.45) is 3.38. The zero-order chi connectivity index (χ0) is 11.8. The van der Waals surface area contributed by atoms with Gasteiger partial charge < -0.3 is 9.67 Å². The van der Waals surface area contributed by atoms with E-state index in [1.807, 2.05) is 35.0 Å². The van der Waals surface area contributed by atoms with E-state index in [1.54, 1.807) is 0 Å². The third-order valence-corrected chi connectivity index (χ3v) is 3.37. The highest BCUT2D eigenvalue weighted by Gasteiger charge is 2.20. The summed E-state index contributed by atoms with van der Waals surface area (Å²) in [4.78, 5) is 4.50. The van der Waals surface area contributed by atoms with Crippen molar-refractivity contribution in [1.82, 2.24) is 9.55 Å². The molecule has 2 aromatic rings. The van der Waals surface area contributed by atoms with Crippen molar-refractivity contribution in [3.05, 3.63) is 41.3 Å². The Balaban J connectivity index is 2.02. The normalized spacial score (nSPS) is 19.1. The SMILES string of the molecule is O[C@@H]1CCCn2cc(-c3ccc(Cl)cc3)nc21. The Morgan fingerprint density at radius 3 is 2.76 bits per heavy atom. The van der Waals surface area contributed by atoms with E-state index in [4.69, 9.17) is 11.6 Å². The highest BCUT2D eigenvalue weighted by Crippen LogP contribution is 2.28. The van der Waals surface area contributed by atoms with Crippen LogP contribution in [-0.4, -0.2) is 14.7 Å². The van der Waals surface area contributed by atoms with Crippen molar-refractivity contribution in [2.24, 2.45) is 0 Å². The van der Waals surface area contributed by atoms with Gasteiger partial charge in [-0.25, -0.2) is 4.98 Å². The first-order valence-corrected chi connectivity index (χ1v) is 6.13. The third-order valence-electron chi connectivity index (χ3n) is 3.12. The minimum Gasteiger partial charge on any atom is -0.385 e. The maximum absolute atomic E-state index is 9.86. The molecule has 0 amide bonds. The van der Waals surface area contributed by atoms with E-state index in [1.165, 1.54) is 0 Å². The molecule has 1 aliphatic heterocycles. The molecule has 0 unspecified atom stereocenters. The van der Waals surface area contributed by atoms with Gasteiger partial charge in [0.2, 0.25) is 0 Å². The Kier molecular flexibility index (Phi) is 2.65. The molecule has 1 N–H and O–H groups in total. The van der Waals surface area contributed by atoms with Crippen LogP contribution in [-0.2, 0) is 6.54 Å². The lowest BCUT2D eigenvalue weighted by molar-refractivity contribution is 0.134. The minimum absolute atomic E-state index is 0.426. The molecule has 0 saturated heterocycles. The van der Waals surface area contributed by atoms with Crippen LogP contribution in [0.3, 0.4) is 0 Å². The second-order valence-corrected chi connectivity index (χ2v) is 4.78. The lowest BCUT2D eigenvalue weighted by Gasteiger charge is -2.18. The van der Waals surface area contributed by atoms with Gasteiger partial charge in [0.15, 0.2) is 0 Å². The summed E-state index contributed by atoms with van der Waals surface area (Å²) in [5.74, 6) is 0.779. The van der Waals surface area contributed by atoms with Gasteiger partial charge in [0.05, 0.1) is 5.69 Å². The quantitative estimate of drug-likeness (QED) is 0.842. The summed E-state index contributed by atoms with van der Waals surface area (Å²) in [6.45, 7) is 0.937. The Hall–Kier alpha value is -1.32. The largest absolute Gasteiger partial charge is 0.385 e. The minimum atomic E-state index is -0.426. The lowest BCUT2D eigenvalue weighted by atomic mass is 10.1. The van der Waals surface area contributed by atoms with Gasteiger partial charge in [0.25, 0.3) is 0 Å². The fraction of sp³-hybridized carbons (Fsp3) is 0.308. The molecule has 1 aliphatic rings. The number of nitrogens with zero attached hydrogens (tertiary/aromatic N) is 2. The van der Waals surface area contributed by atoms with Gasteiger partial charge in [-0.1, -0.05) is 23.7 Å². The van der Waals surface area contributed by atoms with Crippen molar-refractivity contribution in [2.75, 3.05) is 0 Å². The number of hydrogen-bond acceptors (Lipinski definition) is 2. The molecule has 1 aromatic heterocycles. The topological polar surface area (TPSA) is 38.0 Å². The number of hydrogen-bond donors (Lipinski definition) is 1. The molecule has 17 heavy (non-hydrogen) atoms. The van der Waals surface area contributed by atoms with Gasteiger partial charge in [-0.2, -0.15) is 0 Å². The number of fused-ring (bicyclic) bond motifs is 1. The number of aromatic nitrogens is 2. The van der Waals surface area contributed by atoms with E-state index < -0.39 is 6.10 Å². The van der Waals surface area contributed by atoms with Crippen molar-refractivity contribution in [3.8, 4) is 11.3 Å². The molecule has 88 valence electrons. The van der Waals surface area contributed by atoms with E-state index in [0.29, 0.717) is 0 Å². The van der Waals surface area contributed by atoms with E-state index in [0.717, 1.165) is 41.5 Å². The van der Waals surface area contributed by atoms with Crippen molar-refractivity contribution < 1.29 is 5.11 Å². The molecule has 0 radical (unpaired) electrons. The predicted octanol–water partition coefficient (Wildman–Crippen LogP) is 3.03. The number of aliphatic hydroxyl groups excluding tert-OH is 1. The zero-order valence-corrected chi connectivity index (χ0v) is 10.1. The van der Waals surface area contributed by atoms with Crippen molar-refractivity contribution >= 4 is 11.6 Å². The smallest absolute Gasteiger partial charge is 0.138 e. The average molecular weight is 249 g/mol. The first kappa shape index (κ1) is 10.8. The van der Waals surface area contributed by atoms with Gasteiger partial charge in [-0.15, -0.1) is 0 Å². The molecule has 1 atom stereocenters.